The maximum atomic E-state index is 11.6. The number of para-hydroxylation sites is 1. The van der Waals surface area contributed by atoms with Gasteiger partial charge in [0.15, 0.2) is 6.10 Å². The quantitative estimate of drug-likeness (QED) is 0.852. The predicted molar refractivity (Wildman–Crippen MR) is 69.3 cm³/mol. The highest BCUT2D eigenvalue weighted by molar-refractivity contribution is 5.80. The standard InChI is InChI=1S/C14H21NO2/c1-5-15-14(16)11(4)17-13-9-7-6-8-12(13)10(2)3/h6-11H,5H2,1-4H3,(H,15,16)/t11-/m1/s1. The normalized spacial score (nSPS) is 12.3. The highest BCUT2D eigenvalue weighted by Crippen LogP contribution is 2.26. The van der Waals surface area contributed by atoms with Crippen LogP contribution in [0.1, 0.15) is 39.2 Å². The fourth-order valence-electron chi connectivity index (χ4n) is 1.63. The van der Waals surface area contributed by atoms with E-state index in [2.05, 4.69) is 19.2 Å². The fraction of sp³-hybridized carbons (Fsp3) is 0.500. The molecule has 1 aromatic rings. The van der Waals surface area contributed by atoms with Crippen molar-refractivity contribution in [3.05, 3.63) is 29.8 Å². The van der Waals surface area contributed by atoms with Gasteiger partial charge in [-0.15, -0.1) is 0 Å². The zero-order valence-corrected chi connectivity index (χ0v) is 11.0. The molecule has 0 heterocycles. The summed E-state index contributed by atoms with van der Waals surface area (Å²) < 4.78 is 5.71. The molecular formula is C14H21NO2. The molecule has 1 N–H and O–H groups in total. The first-order chi connectivity index (χ1) is 8.06. The van der Waals surface area contributed by atoms with Crippen LogP contribution in [0.2, 0.25) is 0 Å². The first-order valence-electron chi connectivity index (χ1n) is 6.09. The lowest BCUT2D eigenvalue weighted by molar-refractivity contribution is -0.127. The third-order valence-electron chi connectivity index (χ3n) is 2.56. The van der Waals surface area contributed by atoms with E-state index in [1.807, 2.05) is 31.2 Å². The average Bonchev–Trinajstić information content (AvgIpc) is 2.29. The van der Waals surface area contributed by atoms with Gasteiger partial charge < -0.3 is 10.1 Å². The van der Waals surface area contributed by atoms with Crippen molar-refractivity contribution in [2.45, 2.75) is 39.7 Å². The molecule has 1 rings (SSSR count). The lowest BCUT2D eigenvalue weighted by Crippen LogP contribution is -2.36. The molecule has 1 amide bonds. The molecule has 0 unspecified atom stereocenters. The molecule has 0 aromatic heterocycles. The topological polar surface area (TPSA) is 38.3 Å². The summed E-state index contributed by atoms with van der Waals surface area (Å²) in [7, 11) is 0. The highest BCUT2D eigenvalue weighted by atomic mass is 16.5. The highest BCUT2D eigenvalue weighted by Gasteiger charge is 2.15. The van der Waals surface area contributed by atoms with Crippen LogP contribution in [0.15, 0.2) is 24.3 Å². The van der Waals surface area contributed by atoms with Crippen LogP contribution in [0.5, 0.6) is 5.75 Å². The monoisotopic (exact) mass is 235 g/mol. The average molecular weight is 235 g/mol. The molecule has 0 saturated heterocycles. The van der Waals surface area contributed by atoms with Gasteiger partial charge in [-0.2, -0.15) is 0 Å². The molecule has 0 aliphatic heterocycles. The summed E-state index contributed by atoms with van der Waals surface area (Å²) in [6.07, 6.45) is -0.463. The fourth-order valence-corrected chi connectivity index (χ4v) is 1.63. The van der Waals surface area contributed by atoms with Gasteiger partial charge in [0.05, 0.1) is 0 Å². The molecule has 17 heavy (non-hydrogen) atoms. The van der Waals surface area contributed by atoms with E-state index in [4.69, 9.17) is 4.74 Å². The maximum absolute atomic E-state index is 11.6. The number of carbonyl (C=O) groups excluding carboxylic acids is 1. The molecule has 0 radical (unpaired) electrons. The Morgan fingerprint density at radius 1 is 1.29 bits per heavy atom. The summed E-state index contributed by atoms with van der Waals surface area (Å²) in [5.41, 5.74) is 1.13. The second-order valence-corrected chi connectivity index (χ2v) is 4.35. The van der Waals surface area contributed by atoms with Crippen LogP contribution in [0.4, 0.5) is 0 Å². The van der Waals surface area contributed by atoms with E-state index < -0.39 is 6.10 Å². The zero-order chi connectivity index (χ0) is 12.8. The number of benzene rings is 1. The smallest absolute Gasteiger partial charge is 0.260 e. The summed E-state index contributed by atoms with van der Waals surface area (Å²) in [5.74, 6) is 1.10. The number of ether oxygens (including phenoxy) is 1. The lowest BCUT2D eigenvalue weighted by atomic mass is 10.0. The number of carbonyl (C=O) groups is 1. The zero-order valence-electron chi connectivity index (χ0n) is 11.0. The second kappa shape index (κ2) is 6.28. The second-order valence-electron chi connectivity index (χ2n) is 4.35. The number of hydrogen-bond donors (Lipinski definition) is 1. The number of rotatable bonds is 5. The van der Waals surface area contributed by atoms with E-state index in [1.54, 1.807) is 6.92 Å². The summed E-state index contributed by atoms with van der Waals surface area (Å²) in [6.45, 7) is 8.51. The minimum Gasteiger partial charge on any atom is -0.481 e. The largest absolute Gasteiger partial charge is 0.481 e. The number of hydrogen-bond acceptors (Lipinski definition) is 2. The Balaban J connectivity index is 2.77. The molecule has 94 valence electrons. The van der Waals surface area contributed by atoms with Crippen LogP contribution < -0.4 is 10.1 Å². The molecule has 1 atom stereocenters. The van der Waals surface area contributed by atoms with E-state index >= 15 is 0 Å². The molecular weight excluding hydrogens is 214 g/mol. The van der Waals surface area contributed by atoms with Crippen LogP contribution in [0, 0.1) is 0 Å². The molecule has 1 aromatic carbocycles. The van der Waals surface area contributed by atoms with E-state index in [1.165, 1.54) is 0 Å². The van der Waals surface area contributed by atoms with Crippen molar-refractivity contribution in [3.8, 4) is 5.75 Å². The molecule has 3 heteroatoms. The third-order valence-corrected chi connectivity index (χ3v) is 2.56. The Morgan fingerprint density at radius 3 is 2.53 bits per heavy atom. The minimum absolute atomic E-state index is 0.0777. The summed E-state index contributed by atoms with van der Waals surface area (Å²) in [4.78, 5) is 11.6. The van der Waals surface area contributed by atoms with Gasteiger partial charge >= 0.3 is 0 Å². The van der Waals surface area contributed by atoms with Crippen molar-refractivity contribution in [1.29, 1.82) is 0 Å². The van der Waals surface area contributed by atoms with Gasteiger partial charge in [0.25, 0.3) is 5.91 Å². The molecule has 0 bridgehead atoms. The van der Waals surface area contributed by atoms with Crippen molar-refractivity contribution >= 4 is 5.91 Å². The van der Waals surface area contributed by atoms with Gasteiger partial charge in [-0.1, -0.05) is 32.0 Å². The van der Waals surface area contributed by atoms with Gasteiger partial charge in [-0.3, -0.25) is 4.79 Å². The lowest BCUT2D eigenvalue weighted by Gasteiger charge is -2.18. The van der Waals surface area contributed by atoms with Crippen molar-refractivity contribution in [2.24, 2.45) is 0 Å². The van der Waals surface area contributed by atoms with Crippen LogP contribution in [0.25, 0.3) is 0 Å². The maximum Gasteiger partial charge on any atom is 0.260 e. The first kappa shape index (κ1) is 13.6. The SMILES string of the molecule is CCNC(=O)[C@@H](C)Oc1ccccc1C(C)C. The van der Waals surface area contributed by atoms with E-state index in [-0.39, 0.29) is 5.91 Å². The number of amides is 1. The Kier molecular flexibility index (Phi) is 5.01. The minimum atomic E-state index is -0.463. The van der Waals surface area contributed by atoms with Gasteiger partial charge in [-0.05, 0) is 31.4 Å². The number of nitrogens with one attached hydrogen (secondary N) is 1. The van der Waals surface area contributed by atoms with Crippen molar-refractivity contribution in [3.63, 3.8) is 0 Å². The van der Waals surface area contributed by atoms with Gasteiger partial charge in [0, 0.05) is 6.54 Å². The van der Waals surface area contributed by atoms with Crippen LogP contribution >= 0.6 is 0 Å². The van der Waals surface area contributed by atoms with Gasteiger partial charge in [0.2, 0.25) is 0 Å². The Hall–Kier alpha value is -1.51. The van der Waals surface area contributed by atoms with Crippen LogP contribution in [-0.2, 0) is 4.79 Å². The summed E-state index contributed by atoms with van der Waals surface area (Å²) >= 11 is 0. The first-order valence-corrected chi connectivity index (χ1v) is 6.09. The van der Waals surface area contributed by atoms with E-state index in [0.717, 1.165) is 11.3 Å². The van der Waals surface area contributed by atoms with E-state index in [0.29, 0.717) is 12.5 Å². The van der Waals surface area contributed by atoms with E-state index in [9.17, 15) is 4.79 Å². The Morgan fingerprint density at radius 2 is 1.94 bits per heavy atom. The van der Waals surface area contributed by atoms with Gasteiger partial charge in [-0.25, -0.2) is 0 Å². The van der Waals surface area contributed by atoms with Crippen LogP contribution in [-0.4, -0.2) is 18.6 Å². The third kappa shape index (κ3) is 3.77. The summed E-state index contributed by atoms with van der Waals surface area (Å²) in [5, 5.41) is 2.75. The van der Waals surface area contributed by atoms with Crippen LogP contribution in [0.3, 0.4) is 0 Å². The molecule has 0 fully saturated rings. The summed E-state index contributed by atoms with van der Waals surface area (Å²) in [6, 6.07) is 7.85. The molecule has 3 nitrogen and oxygen atoms in total. The number of likely N-dealkylation sites (N-methyl/N-ethyl adjacent to an activating group) is 1. The Labute approximate surface area is 103 Å². The predicted octanol–water partition coefficient (Wildman–Crippen LogP) is 2.71. The van der Waals surface area contributed by atoms with Crippen molar-refractivity contribution in [1.82, 2.24) is 5.32 Å². The van der Waals surface area contributed by atoms with Crippen molar-refractivity contribution in [2.75, 3.05) is 6.54 Å². The molecule has 0 saturated carbocycles. The molecule has 0 spiro atoms. The molecule has 0 aliphatic carbocycles. The van der Waals surface area contributed by atoms with Gasteiger partial charge in [0.1, 0.15) is 5.75 Å². The van der Waals surface area contributed by atoms with Crippen molar-refractivity contribution < 1.29 is 9.53 Å². The Bertz CT molecular complexity index is 374. The molecule has 0 aliphatic rings.